The number of carbonyl (C=O) groups is 2. The van der Waals surface area contributed by atoms with Gasteiger partial charge in [-0.05, 0) is 66.3 Å². The van der Waals surface area contributed by atoms with Gasteiger partial charge in [-0.3, -0.25) is 9.59 Å². The summed E-state index contributed by atoms with van der Waals surface area (Å²) in [6.07, 6.45) is 4.78. The molecular weight excluding hydrogens is 528 g/mol. The van der Waals surface area contributed by atoms with Gasteiger partial charge in [0.05, 0.1) is 12.1 Å². The number of aliphatic hydroxyl groups is 1. The molecule has 0 aliphatic heterocycles. The summed E-state index contributed by atoms with van der Waals surface area (Å²) in [7, 11) is 0. The van der Waals surface area contributed by atoms with E-state index >= 15 is 0 Å². The first kappa shape index (κ1) is 32.5. The van der Waals surface area contributed by atoms with E-state index in [1.54, 1.807) is 0 Å². The molecule has 0 spiro atoms. The highest BCUT2D eigenvalue weighted by Gasteiger charge is 2.35. The first-order valence-electron chi connectivity index (χ1n) is 14.6. The molecule has 0 saturated heterocycles. The van der Waals surface area contributed by atoms with Crippen LogP contribution in [0.15, 0.2) is 47.6 Å². The third-order valence-corrected chi connectivity index (χ3v) is 7.97. The van der Waals surface area contributed by atoms with Gasteiger partial charge in [-0.15, -0.1) is 4.91 Å². The average molecular weight is 572 g/mol. The van der Waals surface area contributed by atoms with Gasteiger partial charge in [0.15, 0.2) is 0 Å². The van der Waals surface area contributed by atoms with Crippen molar-refractivity contribution in [3.63, 3.8) is 0 Å². The van der Waals surface area contributed by atoms with Gasteiger partial charge in [0.1, 0.15) is 11.6 Å². The van der Waals surface area contributed by atoms with Crippen molar-refractivity contribution in [1.82, 2.24) is 10.6 Å². The zero-order valence-corrected chi connectivity index (χ0v) is 24.3. The minimum Gasteiger partial charge on any atom is -0.390 e. The van der Waals surface area contributed by atoms with Crippen molar-refractivity contribution in [1.29, 1.82) is 0 Å². The third-order valence-electron chi connectivity index (χ3n) is 7.97. The molecule has 9 heteroatoms. The number of carbonyl (C=O) groups excluding carboxylic acids is 2. The lowest BCUT2D eigenvalue weighted by molar-refractivity contribution is -0.123. The number of benzene rings is 2. The Morgan fingerprint density at radius 1 is 1.00 bits per heavy atom. The Labute approximate surface area is 241 Å². The van der Waals surface area contributed by atoms with Gasteiger partial charge in [0.25, 0.3) is 5.91 Å². The van der Waals surface area contributed by atoms with Crippen LogP contribution in [0.5, 0.6) is 0 Å². The molecule has 2 amide bonds. The standard InChI is InChI=1S/C32H43F2N3O4/c1-31(2,3)23-10-9-11-24(19-23)32(14-7-4-8-15-32)35-21-28(38)27(18-22-16-25(33)20-26(34)17-22)36-29(39)12-5-6-13-30(40)37-41/h9-11,16-17,19-20,27-28,35,38H,4-8,12-15,18,21H2,1-3H3,(H,36,39). The number of nitroso groups, excluding NO2 is 1. The van der Waals surface area contributed by atoms with Crippen molar-refractivity contribution in [3.8, 4) is 0 Å². The number of hydrogen-bond acceptors (Lipinski definition) is 5. The Bertz CT molecular complexity index is 1170. The first-order chi connectivity index (χ1) is 19.4. The number of halogens is 2. The Morgan fingerprint density at radius 3 is 2.29 bits per heavy atom. The van der Waals surface area contributed by atoms with Gasteiger partial charge in [-0.2, -0.15) is 0 Å². The second-order valence-corrected chi connectivity index (χ2v) is 12.3. The average Bonchev–Trinajstić information content (AvgIpc) is 2.93. The number of amides is 2. The largest absolute Gasteiger partial charge is 0.390 e. The maximum Gasteiger partial charge on any atom is 0.286 e. The second-order valence-electron chi connectivity index (χ2n) is 12.3. The zero-order chi connectivity index (χ0) is 30.0. The Hall–Kier alpha value is -3.04. The SMILES string of the molecule is CC(C)(C)c1cccc(C2(NCC(O)C(Cc3cc(F)cc(F)c3)NC(=O)CCCCC(=O)N=O)CCCCC2)c1. The van der Waals surface area contributed by atoms with Crippen LogP contribution in [0.1, 0.15) is 95.2 Å². The number of nitrogens with zero attached hydrogens (tertiary/aromatic N) is 1. The molecule has 7 nitrogen and oxygen atoms in total. The fraction of sp³-hybridized carbons (Fsp3) is 0.562. The molecule has 0 bridgehead atoms. The summed E-state index contributed by atoms with van der Waals surface area (Å²) in [5.41, 5.74) is 2.37. The molecule has 0 radical (unpaired) electrons. The summed E-state index contributed by atoms with van der Waals surface area (Å²) in [4.78, 5) is 34.1. The number of hydrogen-bond donors (Lipinski definition) is 3. The predicted molar refractivity (Wildman–Crippen MR) is 155 cm³/mol. The molecule has 0 aromatic heterocycles. The van der Waals surface area contributed by atoms with Crippen LogP contribution >= 0.6 is 0 Å². The van der Waals surface area contributed by atoms with E-state index in [0.717, 1.165) is 38.2 Å². The minimum absolute atomic E-state index is 0.0158. The Balaban J connectivity index is 1.76. The van der Waals surface area contributed by atoms with Crippen LogP contribution in [0.25, 0.3) is 0 Å². The van der Waals surface area contributed by atoms with E-state index < -0.39 is 29.7 Å². The van der Waals surface area contributed by atoms with Gasteiger partial charge in [-0.1, -0.05) is 64.3 Å². The molecule has 224 valence electrons. The van der Waals surface area contributed by atoms with E-state index in [2.05, 4.69) is 60.8 Å². The fourth-order valence-corrected chi connectivity index (χ4v) is 5.60. The highest BCUT2D eigenvalue weighted by Crippen LogP contribution is 2.38. The molecule has 2 atom stereocenters. The van der Waals surface area contributed by atoms with Crippen molar-refractivity contribution in [2.75, 3.05) is 6.54 Å². The maximum absolute atomic E-state index is 13.9. The number of unbranched alkanes of at least 4 members (excludes halogenated alkanes) is 1. The first-order valence-corrected chi connectivity index (χ1v) is 14.6. The van der Waals surface area contributed by atoms with Crippen molar-refractivity contribution in [2.45, 2.75) is 108 Å². The van der Waals surface area contributed by atoms with Crippen molar-refractivity contribution < 1.29 is 23.5 Å². The number of nitrogens with one attached hydrogen (secondary N) is 2. The molecule has 41 heavy (non-hydrogen) atoms. The molecule has 2 aromatic carbocycles. The molecular formula is C32H43F2N3O4. The van der Waals surface area contributed by atoms with Crippen LogP contribution < -0.4 is 10.6 Å². The summed E-state index contributed by atoms with van der Waals surface area (Å²) >= 11 is 0. The fourth-order valence-electron chi connectivity index (χ4n) is 5.60. The van der Waals surface area contributed by atoms with Crippen LogP contribution in [0.2, 0.25) is 0 Å². The minimum atomic E-state index is -1.05. The second kappa shape index (κ2) is 14.7. The lowest BCUT2D eigenvalue weighted by Gasteiger charge is -2.41. The molecule has 2 aromatic rings. The molecule has 2 unspecified atom stereocenters. The summed E-state index contributed by atoms with van der Waals surface area (Å²) in [6.45, 7) is 6.70. The lowest BCUT2D eigenvalue weighted by Crippen LogP contribution is -2.53. The van der Waals surface area contributed by atoms with E-state index in [0.29, 0.717) is 18.4 Å². The maximum atomic E-state index is 13.9. The van der Waals surface area contributed by atoms with Crippen molar-refractivity contribution in [3.05, 3.63) is 75.7 Å². The monoisotopic (exact) mass is 571 g/mol. The molecule has 1 aliphatic carbocycles. The van der Waals surface area contributed by atoms with E-state index in [9.17, 15) is 28.4 Å². The van der Waals surface area contributed by atoms with Crippen molar-refractivity contribution >= 4 is 11.8 Å². The quantitative estimate of drug-likeness (QED) is 0.203. The third kappa shape index (κ3) is 9.78. The molecule has 1 aliphatic rings. The highest BCUT2D eigenvalue weighted by atomic mass is 19.1. The molecule has 1 fully saturated rings. The normalized spacial score (nSPS) is 16.5. The van der Waals surface area contributed by atoms with E-state index in [4.69, 9.17) is 0 Å². The number of aliphatic hydroxyl groups excluding tert-OH is 1. The Morgan fingerprint density at radius 2 is 1.66 bits per heavy atom. The molecule has 1 saturated carbocycles. The zero-order valence-electron chi connectivity index (χ0n) is 24.3. The number of rotatable bonds is 13. The van der Waals surface area contributed by atoms with E-state index in [1.807, 2.05) is 0 Å². The van der Waals surface area contributed by atoms with Gasteiger partial charge in [0, 0.05) is 36.2 Å². The predicted octanol–water partition coefficient (Wildman–Crippen LogP) is 5.95. The Kier molecular flexibility index (Phi) is 11.7. The smallest absolute Gasteiger partial charge is 0.286 e. The van der Waals surface area contributed by atoms with Gasteiger partial charge in [-0.25, -0.2) is 8.78 Å². The van der Waals surface area contributed by atoms with Crippen LogP contribution in [-0.4, -0.2) is 35.6 Å². The summed E-state index contributed by atoms with van der Waals surface area (Å²) in [6, 6.07) is 10.9. The van der Waals surface area contributed by atoms with Gasteiger partial charge < -0.3 is 15.7 Å². The molecule has 0 heterocycles. The van der Waals surface area contributed by atoms with Crippen LogP contribution in [0.3, 0.4) is 0 Å². The molecule has 3 rings (SSSR count). The van der Waals surface area contributed by atoms with E-state index in [-0.39, 0.29) is 42.7 Å². The van der Waals surface area contributed by atoms with Crippen molar-refractivity contribution in [2.24, 2.45) is 5.18 Å². The summed E-state index contributed by atoms with van der Waals surface area (Å²) in [5, 5.41) is 20.2. The van der Waals surface area contributed by atoms with Gasteiger partial charge >= 0.3 is 0 Å². The highest BCUT2D eigenvalue weighted by molar-refractivity contribution is 5.77. The van der Waals surface area contributed by atoms with E-state index in [1.165, 1.54) is 23.3 Å². The van der Waals surface area contributed by atoms with Gasteiger partial charge in [0.2, 0.25) is 5.91 Å². The summed E-state index contributed by atoms with van der Waals surface area (Å²) in [5.74, 6) is -2.58. The van der Waals surface area contributed by atoms with Crippen LogP contribution in [0, 0.1) is 16.5 Å². The van der Waals surface area contributed by atoms with Crippen LogP contribution in [-0.2, 0) is 27.0 Å². The van der Waals surface area contributed by atoms with Crippen LogP contribution in [0.4, 0.5) is 8.78 Å². The molecule has 3 N–H and O–H groups in total. The topological polar surface area (TPSA) is 108 Å². The summed E-state index contributed by atoms with van der Waals surface area (Å²) < 4.78 is 27.9. The lowest BCUT2D eigenvalue weighted by atomic mass is 9.74.